The average molecular weight is 1120 g/mol. The van der Waals surface area contributed by atoms with Gasteiger partial charge in [0.15, 0.2) is 0 Å². The summed E-state index contributed by atoms with van der Waals surface area (Å²) >= 11 is 0. The second kappa shape index (κ2) is 19.9. The van der Waals surface area contributed by atoms with Gasteiger partial charge in [0.2, 0.25) is 0 Å². The van der Waals surface area contributed by atoms with Gasteiger partial charge in [0.25, 0.3) is 0 Å². The van der Waals surface area contributed by atoms with E-state index in [0.717, 1.165) is 40.6 Å². The lowest BCUT2D eigenvalue weighted by molar-refractivity contribution is 0.362. The first-order valence-corrected chi connectivity index (χ1v) is 31.0. The standard InChI is InChI=1S/C82H65N5/c1-55-40-42-61(43-41-55)83(62-45-47-76-68(51-62)66-32-16-20-36-74(66)85(76)58-26-10-5-11-27-58)64-48-49-81(3)70-46-44-63(53-73(70)82(79(81)54-64)71-34-18-22-38-77(71)86(59-28-12-6-13-29-59)78-39-23-19-35-72(78)82)84(57-24-8-4-9-25-57)65-50-56(2)80-69(52-65)67-33-17-21-37-75(67)87(80)60-30-14-7-15-31-60/h4-40,42-56,79-80H,41H2,1-3H3. The van der Waals surface area contributed by atoms with Crippen molar-refractivity contribution in [3.8, 4) is 5.69 Å². The van der Waals surface area contributed by atoms with Crippen molar-refractivity contribution in [2.24, 2.45) is 17.8 Å². The first-order chi connectivity index (χ1) is 42.9. The molecule has 6 aliphatic rings. The van der Waals surface area contributed by atoms with E-state index in [1.807, 2.05) is 0 Å². The van der Waals surface area contributed by atoms with E-state index >= 15 is 0 Å². The molecule has 3 heterocycles. The molecule has 10 aromatic carbocycles. The van der Waals surface area contributed by atoms with Gasteiger partial charge in [-0.15, -0.1) is 0 Å². The summed E-state index contributed by atoms with van der Waals surface area (Å²) in [5.74, 6) is 0.554. The zero-order valence-corrected chi connectivity index (χ0v) is 49.1. The highest BCUT2D eigenvalue weighted by atomic mass is 15.2. The van der Waals surface area contributed by atoms with E-state index in [9.17, 15) is 0 Å². The Labute approximate surface area is 510 Å². The minimum Gasteiger partial charge on any atom is -0.333 e. The summed E-state index contributed by atoms with van der Waals surface area (Å²) in [6.07, 6.45) is 20.9. The summed E-state index contributed by atoms with van der Waals surface area (Å²) in [7, 11) is 0. The van der Waals surface area contributed by atoms with Crippen molar-refractivity contribution in [1.82, 2.24) is 4.57 Å². The molecule has 418 valence electrons. The third-order valence-electron chi connectivity index (χ3n) is 19.8. The van der Waals surface area contributed by atoms with Crippen LogP contribution < -0.4 is 19.6 Å². The highest BCUT2D eigenvalue weighted by Gasteiger charge is 2.62. The van der Waals surface area contributed by atoms with Crippen LogP contribution in [0.5, 0.6) is 0 Å². The fourth-order valence-corrected chi connectivity index (χ4v) is 16.1. The number of nitrogens with zero attached hydrogens (tertiary/aromatic N) is 5. The van der Waals surface area contributed by atoms with Gasteiger partial charge in [-0.1, -0.05) is 203 Å². The lowest BCUT2D eigenvalue weighted by Crippen LogP contribution is -2.44. The SMILES string of the molecule is CC1C=CC(N(C2=CC3C(C)(C=C2)c2ccc(N(C4=CC(C)C5C(=C4)c4ccccc4N5c4ccccc4)c4ccccc4)cc2C32c3ccccc3N(c3ccccc3)c3ccccc32)c2ccc3c(c2)c2ccccc2n3-c2ccccc2)=CC1. The fourth-order valence-electron chi connectivity index (χ4n) is 16.1. The zero-order valence-electron chi connectivity index (χ0n) is 49.1. The van der Waals surface area contributed by atoms with E-state index in [4.69, 9.17) is 0 Å². The number of fused-ring (bicyclic) bond motifs is 15. The molecule has 0 amide bonds. The minimum absolute atomic E-state index is 0.0743. The van der Waals surface area contributed by atoms with Crippen LogP contribution in [-0.2, 0) is 10.8 Å². The molecule has 2 aliphatic heterocycles. The molecule has 11 aromatic rings. The maximum absolute atomic E-state index is 2.68. The number of allylic oxidation sites excluding steroid dienone is 7. The average Bonchev–Trinajstić information content (AvgIpc) is 1.55. The largest absolute Gasteiger partial charge is 0.333 e. The van der Waals surface area contributed by atoms with E-state index in [-0.39, 0.29) is 17.9 Å². The topological polar surface area (TPSA) is 17.9 Å². The molecule has 0 fully saturated rings. The Bertz CT molecular complexity index is 4710. The third kappa shape index (κ3) is 7.64. The van der Waals surface area contributed by atoms with Gasteiger partial charge in [-0.3, -0.25) is 0 Å². The van der Waals surface area contributed by atoms with Crippen LogP contribution in [0.1, 0.15) is 55.0 Å². The highest BCUT2D eigenvalue weighted by Crippen LogP contribution is 2.68. The Morgan fingerprint density at radius 3 is 1.76 bits per heavy atom. The van der Waals surface area contributed by atoms with E-state index in [2.05, 4.69) is 348 Å². The summed E-state index contributed by atoms with van der Waals surface area (Å²) in [4.78, 5) is 10.2. The molecule has 0 radical (unpaired) electrons. The van der Waals surface area contributed by atoms with Crippen molar-refractivity contribution >= 4 is 72.9 Å². The fraction of sp³-hybridized carbons (Fsp3) is 0.122. The molecule has 5 atom stereocenters. The van der Waals surface area contributed by atoms with Crippen LogP contribution in [-0.4, -0.2) is 10.6 Å². The van der Waals surface area contributed by atoms with E-state index in [0.29, 0.717) is 5.92 Å². The minimum atomic E-state index is -0.667. The second-order valence-corrected chi connectivity index (χ2v) is 24.7. The third-order valence-corrected chi connectivity index (χ3v) is 19.8. The van der Waals surface area contributed by atoms with E-state index in [1.165, 1.54) is 89.3 Å². The van der Waals surface area contributed by atoms with Crippen LogP contribution >= 0.6 is 0 Å². The van der Waals surface area contributed by atoms with Gasteiger partial charge in [-0.05, 0) is 162 Å². The Morgan fingerprint density at radius 1 is 0.448 bits per heavy atom. The smallest absolute Gasteiger partial charge is 0.0659 e. The van der Waals surface area contributed by atoms with Crippen molar-refractivity contribution in [3.05, 3.63) is 348 Å². The maximum Gasteiger partial charge on any atom is 0.0659 e. The van der Waals surface area contributed by atoms with Gasteiger partial charge in [0.05, 0.1) is 33.9 Å². The first-order valence-electron chi connectivity index (χ1n) is 31.0. The lowest BCUT2D eigenvalue weighted by atomic mass is 9.58. The van der Waals surface area contributed by atoms with Crippen molar-refractivity contribution < 1.29 is 0 Å². The molecule has 5 unspecified atom stereocenters. The molecule has 0 saturated carbocycles. The normalized spacial score (nSPS) is 20.8. The molecular formula is C82H65N5. The van der Waals surface area contributed by atoms with E-state index < -0.39 is 10.8 Å². The maximum atomic E-state index is 2.68. The van der Waals surface area contributed by atoms with Gasteiger partial charge < -0.3 is 24.2 Å². The zero-order chi connectivity index (χ0) is 58.0. The van der Waals surface area contributed by atoms with E-state index in [1.54, 1.807) is 0 Å². The van der Waals surface area contributed by atoms with Gasteiger partial charge in [-0.25, -0.2) is 0 Å². The first kappa shape index (κ1) is 51.1. The van der Waals surface area contributed by atoms with Crippen molar-refractivity contribution in [1.29, 1.82) is 0 Å². The molecule has 1 spiro atoms. The summed E-state index contributed by atoms with van der Waals surface area (Å²) in [5, 5.41) is 2.47. The second-order valence-electron chi connectivity index (χ2n) is 24.7. The van der Waals surface area contributed by atoms with Gasteiger partial charge >= 0.3 is 0 Å². The quantitative estimate of drug-likeness (QED) is 0.143. The molecule has 5 nitrogen and oxygen atoms in total. The molecule has 0 saturated heterocycles. The van der Waals surface area contributed by atoms with Crippen LogP contribution in [0.25, 0.3) is 33.1 Å². The number of aromatic nitrogens is 1. The van der Waals surface area contributed by atoms with Gasteiger partial charge in [0, 0.05) is 90.5 Å². The Morgan fingerprint density at radius 2 is 1.05 bits per heavy atom. The van der Waals surface area contributed by atoms with Crippen molar-refractivity contribution in [2.45, 2.75) is 44.1 Å². The molecule has 0 bridgehead atoms. The van der Waals surface area contributed by atoms with Crippen molar-refractivity contribution in [3.63, 3.8) is 0 Å². The number of hydrogen-bond acceptors (Lipinski definition) is 4. The summed E-state index contributed by atoms with van der Waals surface area (Å²) in [6, 6.07) is 95.1. The number of hydrogen-bond donors (Lipinski definition) is 0. The molecule has 17 rings (SSSR count). The molecule has 4 aliphatic carbocycles. The molecule has 5 heteroatoms. The Kier molecular flexibility index (Phi) is 11.7. The summed E-state index contributed by atoms with van der Waals surface area (Å²) in [5.41, 5.74) is 23.2. The molecule has 0 N–H and O–H groups in total. The number of anilines is 8. The number of benzene rings is 10. The van der Waals surface area contributed by atoms with Crippen LogP contribution in [0, 0.1) is 17.8 Å². The summed E-state index contributed by atoms with van der Waals surface area (Å²) in [6.45, 7) is 7.24. The van der Waals surface area contributed by atoms with Gasteiger partial charge in [-0.2, -0.15) is 0 Å². The molecular weight excluding hydrogens is 1050 g/mol. The Balaban J connectivity index is 0.893. The van der Waals surface area contributed by atoms with Gasteiger partial charge in [0.1, 0.15) is 0 Å². The molecule has 1 aromatic heterocycles. The van der Waals surface area contributed by atoms with Crippen LogP contribution in [0.3, 0.4) is 0 Å². The van der Waals surface area contributed by atoms with Crippen LogP contribution in [0.15, 0.2) is 320 Å². The monoisotopic (exact) mass is 1120 g/mol. The molecule has 87 heavy (non-hydrogen) atoms. The number of rotatable bonds is 9. The predicted octanol–water partition coefficient (Wildman–Crippen LogP) is 20.5. The lowest BCUT2D eigenvalue weighted by Gasteiger charge is -2.49. The summed E-state index contributed by atoms with van der Waals surface area (Å²) < 4.78 is 2.42. The van der Waals surface area contributed by atoms with Crippen LogP contribution in [0.2, 0.25) is 0 Å². The predicted molar refractivity (Wildman–Crippen MR) is 362 cm³/mol. The number of para-hydroxylation sites is 8. The highest BCUT2D eigenvalue weighted by molar-refractivity contribution is 6.10. The van der Waals surface area contributed by atoms with Crippen LogP contribution in [0.4, 0.5) is 45.5 Å². The Hall–Kier alpha value is -10.4. The van der Waals surface area contributed by atoms with Crippen molar-refractivity contribution in [2.75, 3.05) is 19.6 Å².